The number of rotatable bonds is 5. The van der Waals surface area contributed by atoms with Gasteiger partial charge in [-0.05, 0) is 24.5 Å². The number of aliphatic carboxylic acids is 1. The highest BCUT2D eigenvalue weighted by Gasteiger charge is 2.72. The Hall–Kier alpha value is -3.14. The predicted molar refractivity (Wildman–Crippen MR) is 111 cm³/mol. The number of carbonyl (C=O) groups is 4. The van der Waals surface area contributed by atoms with Gasteiger partial charge in [0, 0.05) is 30.4 Å². The molecule has 10 nitrogen and oxygen atoms in total. The van der Waals surface area contributed by atoms with Crippen LogP contribution >= 0.6 is 0 Å². The third kappa shape index (κ3) is 2.41. The average Bonchev–Trinajstić information content (AvgIpc) is 3.12. The van der Waals surface area contributed by atoms with Crippen LogP contribution in [-0.4, -0.2) is 78.6 Å². The summed E-state index contributed by atoms with van der Waals surface area (Å²) >= 11 is 0. The van der Waals surface area contributed by atoms with E-state index in [9.17, 15) is 19.2 Å². The SMILES string of the molecule is COc1cc2c(cc1OC)N1C(=O)C[C@@H](OCC(=O)O)[C@H]3[C@@H]1[C@@H]2[C@]12CCN1C(=O)C(=O)[C@@H]3C2. The lowest BCUT2D eigenvalue weighted by atomic mass is 9.51. The van der Waals surface area contributed by atoms with E-state index in [1.165, 1.54) is 7.11 Å². The fourth-order valence-electron chi connectivity index (χ4n) is 7.16. The van der Waals surface area contributed by atoms with E-state index in [1.807, 2.05) is 6.07 Å². The van der Waals surface area contributed by atoms with Crippen LogP contribution < -0.4 is 14.4 Å². The van der Waals surface area contributed by atoms with Gasteiger partial charge in [0.2, 0.25) is 11.7 Å². The summed E-state index contributed by atoms with van der Waals surface area (Å²) in [5.74, 6) is -2.56. The summed E-state index contributed by atoms with van der Waals surface area (Å²) in [5, 5.41) is 9.16. The summed E-state index contributed by atoms with van der Waals surface area (Å²) < 4.78 is 16.7. The summed E-state index contributed by atoms with van der Waals surface area (Å²) in [6, 6.07) is 3.25. The van der Waals surface area contributed by atoms with Gasteiger partial charge in [-0.3, -0.25) is 14.4 Å². The molecule has 1 aliphatic carbocycles. The maximum atomic E-state index is 13.4. The number of carboxylic acids is 1. The van der Waals surface area contributed by atoms with E-state index in [2.05, 4.69) is 0 Å². The van der Waals surface area contributed by atoms with E-state index in [4.69, 9.17) is 19.3 Å². The molecule has 3 saturated heterocycles. The van der Waals surface area contributed by atoms with E-state index in [-0.39, 0.29) is 18.2 Å². The molecule has 6 atom stereocenters. The number of carbonyl (C=O) groups excluding carboxylic acids is 3. The molecule has 1 aromatic carbocycles. The zero-order valence-corrected chi connectivity index (χ0v) is 18.3. The number of ether oxygens (including phenoxy) is 3. The fraction of sp³-hybridized carbons (Fsp3) is 0.565. The minimum atomic E-state index is -1.14. The predicted octanol–water partition coefficient (Wildman–Crippen LogP) is 0.566. The Labute approximate surface area is 189 Å². The van der Waals surface area contributed by atoms with Crippen molar-refractivity contribution in [1.29, 1.82) is 0 Å². The van der Waals surface area contributed by atoms with Crippen LogP contribution in [0.25, 0.3) is 0 Å². The molecular weight excluding hydrogens is 432 g/mol. The van der Waals surface area contributed by atoms with Gasteiger partial charge in [0.1, 0.15) is 6.61 Å². The molecule has 10 heteroatoms. The molecule has 6 rings (SSSR count). The van der Waals surface area contributed by atoms with Gasteiger partial charge in [-0.15, -0.1) is 0 Å². The van der Waals surface area contributed by atoms with E-state index in [1.54, 1.807) is 23.0 Å². The lowest BCUT2D eigenvalue weighted by Gasteiger charge is -2.66. The second-order valence-electron chi connectivity index (χ2n) is 9.51. The van der Waals surface area contributed by atoms with Crippen molar-refractivity contribution in [2.45, 2.75) is 42.9 Å². The zero-order chi connectivity index (χ0) is 23.2. The second-order valence-corrected chi connectivity index (χ2v) is 9.51. The number of benzene rings is 1. The highest BCUT2D eigenvalue weighted by atomic mass is 16.5. The van der Waals surface area contributed by atoms with E-state index < -0.39 is 53.8 Å². The first-order valence-electron chi connectivity index (χ1n) is 11.1. The second kappa shape index (κ2) is 6.69. The third-order valence-corrected chi connectivity index (χ3v) is 8.37. The molecule has 1 N–H and O–H groups in total. The number of hydrogen-bond donors (Lipinski definition) is 1. The van der Waals surface area contributed by atoms with Crippen LogP contribution in [0.4, 0.5) is 5.69 Å². The molecular formula is C23H24N2O8. The number of methoxy groups -OCH3 is 2. The lowest BCUT2D eigenvalue weighted by molar-refractivity contribution is -0.188. The normalized spacial score (nSPS) is 35.5. The molecule has 33 heavy (non-hydrogen) atoms. The van der Waals surface area contributed by atoms with E-state index in [0.717, 1.165) is 12.0 Å². The highest BCUT2D eigenvalue weighted by Crippen LogP contribution is 2.65. The van der Waals surface area contributed by atoms with Crippen molar-refractivity contribution in [3.8, 4) is 11.5 Å². The Balaban J connectivity index is 1.55. The van der Waals surface area contributed by atoms with E-state index >= 15 is 0 Å². The van der Waals surface area contributed by atoms with Crippen molar-refractivity contribution < 1.29 is 38.5 Å². The minimum absolute atomic E-state index is 0.0519. The molecule has 4 heterocycles. The van der Waals surface area contributed by atoms with Gasteiger partial charge in [-0.25, -0.2) is 4.79 Å². The van der Waals surface area contributed by atoms with Crippen LogP contribution in [-0.2, 0) is 23.9 Å². The standard InChI is InChI=1S/C23H24N2O8/c1-31-13-5-10-12(6-14(13)32-2)25-16(26)7-15(33-9-17(27)28)18-11-8-23(19(10)20(18)25)3-4-24(23)22(30)21(11)29/h5-6,11,15,18-20H,3-4,7-9H2,1-2H3,(H,27,28)/t11-,15-,18+,19-,20-,23-/m1/s1. The number of piperidine rings is 2. The Morgan fingerprint density at radius 3 is 2.55 bits per heavy atom. The molecule has 4 fully saturated rings. The Bertz CT molecular complexity index is 1120. The third-order valence-electron chi connectivity index (χ3n) is 8.37. The number of nitrogens with zero attached hydrogens (tertiary/aromatic N) is 2. The molecule has 1 aromatic rings. The molecule has 0 radical (unpaired) electrons. The van der Waals surface area contributed by atoms with Crippen molar-refractivity contribution in [3.63, 3.8) is 0 Å². The van der Waals surface area contributed by atoms with Crippen molar-refractivity contribution in [3.05, 3.63) is 17.7 Å². The maximum Gasteiger partial charge on any atom is 0.329 e. The lowest BCUT2D eigenvalue weighted by Crippen LogP contribution is -2.78. The Morgan fingerprint density at radius 2 is 1.91 bits per heavy atom. The van der Waals surface area contributed by atoms with Crippen molar-refractivity contribution >= 4 is 29.3 Å². The van der Waals surface area contributed by atoms with Gasteiger partial charge < -0.3 is 29.1 Å². The fourth-order valence-corrected chi connectivity index (χ4v) is 7.16. The van der Waals surface area contributed by atoms with Crippen LogP contribution in [0.1, 0.15) is 30.7 Å². The molecule has 5 aliphatic rings. The molecule has 2 amide bonds. The number of anilines is 1. The average molecular weight is 456 g/mol. The largest absolute Gasteiger partial charge is 0.493 e. The Morgan fingerprint density at radius 1 is 1.18 bits per heavy atom. The number of hydrogen-bond acceptors (Lipinski definition) is 7. The first-order chi connectivity index (χ1) is 15.8. The summed E-state index contributed by atoms with van der Waals surface area (Å²) in [6.45, 7) is -0.0484. The number of carboxylic acid groups (broad SMARTS) is 1. The molecule has 2 bridgehead atoms. The highest BCUT2D eigenvalue weighted by molar-refractivity contribution is 6.38. The summed E-state index contributed by atoms with van der Waals surface area (Å²) in [4.78, 5) is 54.2. The van der Waals surface area contributed by atoms with Gasteiger partial charge in [-0.1, -0.05) is 0 Å². The number of ketones is 1. The number of amides is 2. The zero-order valence-electron chi connectivity index (χ0n) is 18.3. The number of fused-ring (bicyclic) bond motifs is 5. The van der Waals surface area contributed by atoms with Crippen LogP contribution in [0.15, 0.2) is 12.1 Å². The molecule has 0 aromatic heterocycles. The van der Waals surface area contributed by atoms with Crippen molar-refractivity contribution in [1.82, 2.24) is 4.90 Å². The van der Waals surface area contributed by atoms with Crippen molar-refractivity contribution in [2.24, 2.45) is 11.8 Å². The maximum absolute atomic E-state index is 13.4. The van der Waals surface area contributed by atoms with Gasteiger partial charge in [0.05, 0.1) is 44.0 Å². The first kappa shape index (κ1) is 20.5. The van der Waals surface area contributed by atoms with Crippen LogP contribution in [0.2, 0.25) is 0 Å². The van der Waals surface area contributed by atoms with Gasteiger partial charge in [0.15, 0.2) is 11.5 Å². The molecule has 4 aliphatic heterocycles. The first-order valence-corrected chi connectivity index (χ1v) is 11.1. The summed E-state index contributed by atoms with van der Waals surface area (Å²) in [6.07, 6.45) is 0.434. The topological polar surface area (TPSA) is 123 Å². The molecule has 1 saturated carbocycles. The van der Waals surface area contributed by atoms with Gasteiger partial charge in [0.25, 0.3) is 5.91 Å². The van der Waals surface area contributed by atoms with Crippen LogP contribution in [0.5, 0.6) is 11.5 Å². The Kier molecular flexibility index (Phi) is 4.15. The summed E-state index contributed by atoms with van der Waals surface area (Å²) in [5.41, 5.74) is 1.04. The smallest absolute Gasteiger partial charge is 0.329 e. The minimum Gasteiger partial charge on any atom is -0.493 e. The quantitative estimate of drug-likeness (QED) is 0.638. The molecule has 0 unspecified atom stereocenters. The van der Waals surface area contributed by atoms with Crippen LogP contribution in [0.3, 0.4) is 0 Å². The van der Waals surface area contributed by atoms with Gasteiger partial charge in [-0.2, -0.15) is 0 Å². The number of Topliss-reactive ketones (excluding diaryl/α,β-unsaturated/α-hetero) is 1. The van der Waals surface area contributed by atoms with Gasteiger partial charge >= 0.3 is 5.97 Å². The monoisotopic (exact) mass is 456 g/mol. The summed E-state index contributed by atoms with van der Waals surface area (Å²) in [7, 11) is 3.07. The molecule has 174 valence electrons. The molecule has 1 spiro atoms. The van der Waals surface area contributed by atoms with Crippen LogP contribution in [0, 0.1) is 11.8 Å². The van der Waals surface area contributed by atoms with E-state index in [0.29, 0.717) is 30.2 Å². The van der Waals surface area contributed by atoms with Crippen molar-refractivity contribution in [2.75, 3.05) is 32.3 Å².